The van der Waals surface area contributed by atoms with Gasteiger partial charge in [0.2, 0.25) is 0 Å². The topological polar surface area (TPSA) is 54.5 Å². The van der Waals surface area contributed by atoms with Crippen LogP contribution in [-0.2, 0) is 7.05 Å². The molecule has 0 atom stereocenters. The molecule has 7 nitrogen and oxygen atoms in total. The minimum atomic E-state index is 0.938. The van der Waals surface area contributed by atoms with Crippen LogP contribution in [0, 0.1) is 0 Å². The maximum atomic E-state index is 4.70. The lowest BCUT2D eigenvalue weighted by atomic mass is 10.1. The van der Waals surface area contributed by atoms with Crippen LogP contribution in [0.15, 0.2) is 85.5 Å². The Morgan fingerprint density at radius 3 is 2.21 bits per heavy atom. The van der Waals surface area contributed by atoms with Crippen molar-refractivity contribution in [2.24, 2.45) is 7.05 Å². The lowest BCUT2D eigenvalue weighted by Crippen LogP contribution is -2.47. The third-order valence-corrected chi connectivity index (χ3v) is 6.30. The first-order valence-corrected chi connectivity index (χ1v) is 11.2. The average molecular weight is 436 g/mol. The molecule has 0 amide bonds. The number of hydrogen-bond donors (Lipinski definition) is 0. The van der Waals surface area contributed by atoms with Crippen LogP contribution in [0.2, 0.25) is 0 Å². The van der Waals surface area contributed by atoms with Gasteiger partial charge in [0.25, 0.3) is 0 Å². The first kappa shape index (κ1) is 19.5. The van der Waals surface area contributed by atoms with E-state index in [1.807, 2.05) is 48.6 Å². The van der Waals surface area contributed by atoms with Crippen molar-refractivity contribution >= 4 is 17.3 Å². The van der Waals surface area contributed by atoms with E-state index in [0.717, 1.165) is 60.0 Å². The fraction of sp³-hybridized carbons (Fsp3) is 0.192. The van der Waals surface area contributed by atoms with Crippen molar-refractivity contribution in [1.29, 1.82) is 0 Å². The van der Waals surface area contributed by atoms with Crippen molar-refractivity contribution in [3.05, 3.63) is 85.5 Å². The molecule has 1 fully saturated rings. The molecule has 0 bridgehead atoms. The van der Waals surface area contributed by atoms with E-state index in [9.17, 15) is 0 Å². The Morgan fingerprint density at radius 2 is 1.48 bits per heavy atom. The van der Waals surface area contributed by atoms with E-state index >= 15 is 0 Å². The zero-order valence-electron chi connectivity index (χ0n) is 18.5. The number of pyridine rings is 2. The molecule has 5 aromatic rings. The normalized spacial score (nSPS) is 14.2. The van der Waals surface area contributed by atoms with Crippen LogP contribution >= 0.6 is 0 Å². The van der Waals surface area contributed by atoms with Crippen LogP contribution in [0.4, 0.5) is 11.6 Å². The number of hydrogen-bond acceptors (Lipinski definition) is 5. The summed E-state index contributed by atoms with van der Waals surface area (Å²) < 4.78 is 4.10. The van der Waals surface area contributed by atoms with Gasteiger partial charge in [0, 0.05) is 56.7 Å². The molecule has 5 heterocycles. The largest absolute Gasteiger partial charge is 0.354 e. The molecule has 1 saturated heterocycles. The molecular weight excluding hydrogens is 410 g/mol. The average Bonchev–Trinajstić information content (AvgIpc) is 3.51. The Labute approximate surface area is 192 Å². The number of anilines is 2. The van der Waals surface area contributed by atoms with Crippen molar-refractivity contribution in [1.82, 2.24) is 24.1 Å². The summed E-state index contributed by atoms with van der Waals surface area (Å²) >= 11 is 0. The highest BCUT2D eigenvalue weighted by Gasteiger charge is 2.21. The van der Waals surface area contributed by atoms with E-state index in [2.05, 4.69) is 72.8 Å². The minimum Gasteiger partial charge on any atom is -0.354 e. The SMILES string of the molecule is Cn1cc(-c2ccc(-c3cnc4cccc(N5CCN(c6ccccn6)CC5)n34)cc2)cn1. The number of benzene rings is 1. The summed E-state index contributed by atoms with van der Waals surface area (Å²) in [5.74, 6) is 2.23. The van der Waals surface area contributed by atoms with Gasteiger partial charge < -0.3 is 9.80 Å². The van der Waals surface area contributed by atoms with Gasteiger partial charge in [-0.05, 0) is 29.8 Å². The Balaban J connectivity index is 1.30. The Hall–Kier alpha value is -4.13. The molecule has 1 aliphatic rings. The molecular formula is C26H25N7. The zero-order valence-corrected chi connectivity index (χ0v) is 18.5. The molecule has 0 radical (unpaired) electrons. The van der Waals surface area contributed by atoms with E-state index in [1.165, 1.54) is 5.82 Å². The number of nitrogens with zero attached hydrogens (tertiary/aromatic N) is 7. The number of imidazole rings is 1. The van der Waals surface area contributed by atoms with Crippen LogP contribution < -0.4 is 9.80 Å². The van der Waals surface area contributed by atoms with E-state index in [-0.39, 0.29) is 0 Å². The van der Waals surface area contributed by atoms with Gasteiger partial charge in [0.05, 0.1) is 18.1 Å². The molecule has 1 aliphatic heterocycles. The maximum absolute atomic E-state index is 4.70. The van der Waals surface area contributed by atoms with E-state index in [1.54, 1.807) is 0 Å². The maximum Gasteiger partial charge on any atom is 0.138 e. The summed E-state index contributed by atoms with van der Waals surface area (Å²) in [5, 5.41) is 4.28. The fourth-order valence-corrected chi connectivity index (χ4v) is 4.58. The summed E-state index contributed by atoms with van der Waals surface area (Å²) in [4.78, 5) is 14.0. The molecule has 0 unspecified atom stereocenters. The lowest BCUT2D eigenvalue weighted by molar-refractivity contribution is 0.639. The number of fused-ring (bicyclic) bond motifs is 1. The summed E-state index contributed by atoms with van der Waals surface area (Å²) in [6, 6.07) is 21.1. The second-order valence-electron chi connectivity index (χ2n) is 8.36. The molecule has 0 aliphatic carbocycles. The van der Waals surface area contributed by atoms with Gasteiger partial charge in [0.1, 0.15) is 17.3 Å². The van der Waals surface area contributed by atoms with Crippen LogP contribution in [-0.4, -0.2) is 50.3 Å². The monoisotopic (exact) mass is 435 g/mol. The number of piperazine rings is 1. The highest BCUT2D eigenvalue weighted by Crippen LogP contribution is 2.29. The van der Waals surface area contributed by atoms with Crippen LogP contribution in [0.1, 0.15) is 0 Å². The van der Waals surface area contributed by atoms with E-state index < -0.39 is 0 Å². The van der Waals surface area contributed by atoms with Crippen molar-refractivity contribution in [2.45, 2.75) is 0 Å². The lowest BCUT2D eigenvalue weighted by Gasteiger charge is -2.37. The minimum absolute atomic E-state index is 0.938. The number of aromatic nitrogens is 5. The molecule has 0 saturated carbocycles. The highest BCUT2D eigenvalue weighted by atomic mass is 15.3. The van der Waals surface area contributed by atoms with Crippen LogP contribution in [0.25, 0.3) is 28.0 Å². The van der Waals surface area contributed by atoms with Crippen molar-refractivity contribution in [3.8, 4) is 22.4 Å². The Kier molecular flexibility index (Phi) is 4.79. The van der Waals surface area contributed by atoms with Gasteiger partial charge in [-0.25, -0.2) is 9.97 Å². The predicted molar refractivity (Wildman–Crippen MR) is 131 cm³/mol. The molecule has 33 heavy (non-hydrogen) atoms. The van der Waals surface area contributed by atoms with Gasteiger partial charge in [-0.3, -0.25) is 9.08 Å². The molecule has 164 valence electrons. The molecule has 1 aromatic carbocycles. The van der Waals surface area contributed by atoms with Crippen molar-refractivity contribution in [2.75, 3.05) is 36.0 Å². The smallest absolute Gasteiger partial charge is 0.138 e. The van der Waals surface area contributed by atoms with Gasteiger partial charge in [-0.15, -0.1) is 0 Å². The van der Waals surface area contributed by atoms with Crippen molar-refractivity contribution in [3.63, 3.8) is 0 Å². The molecule has 0 N–H and O–H groups in total. The van der Waals surface area contributed by atoms with Gasteiger partial charge >= 0.3 is 0 Å². The van der Waals surface area contributed by atoms with Gasteiger partial charge in [0.15, 0.2) is 0 Å². The number of rotatable bonds is 4. The predicted octanol–water partition coefficient (Wildman–Crippen LogP) is 4.12. The molecule has 4 aromatic heterocycles. The molecule has 7 heteroatoms. The summed E-state index contributed by atoms with van der Waals surface area (Å²) in [6.45, 7) is 3.76. The van der Waals surface area contributed by atoms with Gasteiger partial charge in [-0.2, -0.15) is 5.10 Å². The second kappa shape index (κ2) is 8.09. The Morgan fingerprint density at radius 1 is 0.697 bits per heavy atom. The van der Waals surface area contributed by atoms with E-state index in [0.29, 0.717) is 0 Å². The fourth-order valence-electron chi connectivity index (χ4n) is 4.58. The summed E-state index contributed by atoms with van der Waals surface area (Å²) in [7, 11) is 1.94. The third kappa shape index (κ3) is 3.61. The quantitative estimate of drug-likeness (QED) is 0.425. The van der Waals surface area contributed by atoms with Crippen LogP contribution in [0.3, 0.4) is 0 Å². The van der Waals surface area contributed by atoms with E-state index in [4.69, 9.17) is 4.98 Å². The van der Waals surface area contributed by atoms with Crippen LogP contribution in [0.5, 0.6) is 0 Å². The van der Waals surface area contributed by atoms with Crippen molar-refractivity contribution < 1.29 is 0 Å². The standard InChI is InChI=1S/C26H25N7/c1-30-19-22(17-29-30)20-8-10-21(11-9-20)23-18-28-25-6-4-7-26(33(23)25)32-15-13-31(14-16-32)24-5-2-3-12-27-24/h2-12,17-19H,13-16H2,1H3. The third-order valence-electron chi connectivity index (χ3n) is 6.30. The first-order chi connectivity index (χ1) is 16.3. The first-order valence-electron chi connectivity index (χ1n) is 11.2. The Bertz CT molecular complexity index is 1380. The highest BCUT2D eigenvalue weighted by molar-refractivity contribution is 5.71. The summed E-state index contributed by atoms with van der Waals surface area (Å²) in [6.07, 6.45) is 7.76. The second-order valence-corrected chi connectivity index (χ2v) is 8.36. The molecule has 6 rings (SSSR count). The molecule has 0 spiro atoms. The number of aryl methyl sites for hydroxylation is 1. The van der Waals surface area contributed by atoms with Gasteiger partial charge in [-0.1, -0.05) is 36.4 Å². The summed E-state index contributed by atoms with van der Waals surface area (Å²) in [5.41, 5.74) is 5.49. The zero-order chi connectivity index (χ0) is 22.2.